The van der Waals surface area contributed by atoms with Crippen LogP contribution in [0.3, 0.4) is 0 Å². The molecule has 0 radical (unpaired) electrons. The molecular formula is C20H20S. The van der Waals surface area contributed by atoms with Gasteiger partial charge in [-0.15, -0.1) is 11.8 Å². The summed E-state index contributed by atoms with van der Waals surface area (Å²) in [6, 6.07) is 20.2. The van der Waals surface area contributed by atoms with Crippen LogP contribution in [-0.2, 0) is 0 Å². The molecule has 0 aromatic heterocycles. The monoisotopic (exact) mass is 292 g/mol. The van der Waals surface area contributed by atoms with E-state index in [0.29, 0.717) is 0 Å². The summed E-state index contributed by atoms with van der Waals surface area (Å²) in [5.74, 6) is 0. The zero-order chi connectivity index (χ0) is 14.1. The molecule has 0 aliphatic heterocycles. The first kappa shape index (κ1) is 13.2. The van der Waals surface area contributed by atoms with E-state index in [-0.39, 0.29) is 0 Å². The predicted molar refractivity (Wildman–Crippen MR) is 94.2 cm³/mol. The van der Waals surface area contributed by atoms with E-state index in [1.54, 1.807) is 0 Å². The zero-order valence-corrected chi connectivity index (χ0v) is 13.0. The summed E-state index contributed by atoms with van der Waals surface area (Å²) in [6.45, 7) is 0. The smallest absolute Gasteiger partial charge is 0.00944 e. The van der Waals surface area contributed by atoms with E-state index >= 15 is 0 Å². The minimum atomic E-state index is 0.830. The molecule has 0 bridgehead atoms. The zero-order valence-electron chi connectivity index (χ0n) is 12.2. The molecule has 1 saturated carbocycles. The second-order valence-electron chi connectivity index (χ2n) is 6.05. The van der Waals surface area contributed by atoms with Gasteiger partial charge in [-0.05, 0) is 46.5 Å². The van der Waals surface area contributed by atoms with Crippen LogP contribution in [-0.4, -0.2) is 5.25 Å². The molecule has 0 heterocycles. The summed E-state index contributed by atoms with van der Waals surface area (Å²) in [4.78, 5) is 1.43. The van der Waals surface area contributed by atoms with E-state index in [1.807, 2.05) is 0 Å². The van der Waals surface area contributed by atoms with Crippen LogP contribution >= 0.6 is 11.8 Å². The van der Waals surface area contributed by atoms with Crippen molar-refractivity contribution in [2.45, 2.75) is 42.2 Å². The molecule has 1 aliphatic rings. The number of fused-ring (bicyclic) bond motifs is 3. The van der Waals surface area contributed by atoms with Crippen LogP contribution in [0.4, 0.5) is 0 Å². The Labute approximate surface area is 130 Å². The first-order valence-corrected chi connectivity index (χ1v) is 8.86. The first-order valence-electron chi connectivity index (χ1n) is 7.98. The molecule has 1 aliphatic carbocycles. The van der Waals surface area contributed by atoms with Gasteiger partial charge < -0.3 is 0 Å². The summed E-state index contributed by atoms with van der Waals surface area (Å²) >= 11 is 2.08. The van der Waals surface area contributed by atoms with Crippen molar-refractivity contribution in [3.63, 3.8) is 0 Å². The van der Waals surface area contributed by atoms with Crippen LogP contribution in [0, 0.1) is 0 Å². The Balaban J connectivity index is 1.71. The lowest BCUT2D eigenvalue weighted by atomic mass is 10.0. The molecule has 0 unspecified atom stereocenters. The summed E-state index contributed by atoms with van der Waals surface area (Å²) < 4.78 is 0. The Morgan fingerprint density at radius 2 is 1.48 bits per heavy atom. The molecule has 0 spiro atoms. The number of rotatable bonds is 2. The molecule has 0 saturated heterocycles. The van der Waals surface area contributed by atoms with Gasteiger partial charge in [-0.25, -0.2) is 0 Å². The number of hydrogen-bond donors (Lipinski definition) is 0. The number of thioether (sulfide) groups is 1. The van der Waals surface area contributed by atoms with Crippen molar-refractivity contribution in [3.8, 4) is 0 Å². The average molecular weight is 292 g/mol. The summed E-state index contributed by atoms with van der Waals surface area (Å²) in [6.07, 6.45) is 7.04. The minimum Gasteiger partial charge on any atom is -0.123 e. The van der Waals surface area contributed by atoms with Gasteiger partial charge >= 0.3 is 0 Å². The van der Waals surface area contributed by atoms with Crippen LogP contribution in [0.5, 0.6) is 0 Å². The molecule has 0 N–H and O–H groups in total. The Morgan fingerprint density at radius 1 is 0.714 bits per heavy atom. The van der Waals surface area contributed by atoms with Gasteiger partial charge in [0.15, 0.2) is 0 Å². The van der Waals surface area contributed by atoms with Crippen molar-refractivity contribution in [1.29, 1.82) is 0 Å². The fourth-order valence-electron chi connectivity index (χ4n) is 3.44. The quantitative estimate of drug-likeness (QED) is 0.491. The second-order valence-corrected chi connectivity index (χ2v) is 7.42. The third kappa shape index (κ3) is 2.67. The highest BCUT2D eigenvalue weighted by Gasteiger charge is 2.14. The van der Waals surface area contributed by atoms with Gasteiger partial charge in [0, 0.05) is 10.1 Å². The lowest BCUT2D eigenvalue weighted by molar-refractivity contribution is 0.516. The summed E-state index contributed by atoms with van der Waals surface area (Å²) in [5.41, 5.74) is 0. The van der Waals surface area contributed by atoms with Crippen LogP contribution < -0.4 is 0 Å². The lowest BCUT2D eigenvalue weighted by Gasteiger charge is -2.21. The maximum absolute atomic E-state index is 2.38. The van der Waals surface area contributed by atoms with Gasteiger partial charge in [0.1, 0.15) is 0 Å². The Kier molecular flexibility index (Phi) is 3.60. The largest absolute Gasteiger partial charge is 0.123 e. The highest BCUT2D eigenvalue weighted by atomic mass is 32.2. The van der Waals surface area contributed by atoms with Gasteiger partial charge in [0.05, 0.1) is 0 Å². The third-order valence-corrected chi connectivity index (χ3v) is 5.90. The van der Waals surface area contributed by atoms with Crippen LogP contribution in [0.2, 0.25) is 0 Å². The minimum absolute atomic E-state index is 0.830. The topological polar surface area (TPSA) is 0 Å². The van der Waals surface area contributed by atoms with E-state index in [4.69, 9.17) is 0 Å². The maximum atomic E-state index is 2.38. The van der Waals surface area contributed by atoms with Crippen molar-refractivity contribution in [2.75, 3.05) is 0 Å². The fourth-order valence-corrected chi connectivity index (χ4v) is 4.74. The Hall–Kier alpha value is -1.47. The third-order valence-electron chi connectivity index (χ3n) is 4.57. The molecule has 106 valence electrons. The number of benzene rings is 3. The van der Waals surface area contributed by atoms with Crippen molar-refractivity contribution in [2.24, 2.45) is 0 Å². The SMILES string of the molecule is c1ccc2c(c1)ccc1cc(SC3CCCCC3)ccc12. The second kappa shape index (κ2) is 5.73. The van der Waals surface area contributed by atoms with Crippen molar-refractivity contribution in [1.82, 2.24) is 0 Å². The van der Waals surface area contributed by atoms with Crippen molar-refractivity contribution in [3.05, 3.63) is 54.6 Å². The van der Waals surface area contributed by atoms with E-state index in [9.17, 15) is 0 Å². The summed E-state index contributed by atoms with van der Waals surface area (Å²) in [7, 11) is 0. The first-order chi connectivity index (χ1) is 10.4. The molecular weight excluding hydrogens is 272 g/mol. The van der Waals surface area contributed by atoms with Gasteiger partial charge in [-0.2, -0.15) is 0 Å². The standard InChI is InChI=1S/C20H20S/c1-2-7-17(8-3-1)21-18-12-13-20-16(14-18)11-10-15-6-4-5-9-19(15)20/h4-6,9-14,17H,1-3,7-8H2. The number of hydrogen-bond acceptors (Lipinski definition) is 1. The molecule has 3 aromatic carbocycles. The normalized spacial score (nSPS) is 16.6. The molecule has 1 heteroatoms. The molecule has 21 heavy (non-hydrogen) atoms. The lowest BCUT2D eigenvalue weighted by Crippen LogP contribution is -2.07. The maximum Gasteiger partial charge on any atom is 0.00944 e. The van der Waals surface area contributed by atoms with Gasteiger partial charge in [-0.1, -0.05) is 61.7 Å². The van der Waals surface area contributed by atoms with E-state index in [1.165, 1.54) is 58.5 Å². The molecule has 1 fully saturated rings. The highest BCUT2D eigenvalue weighted by Crippen LogP contribution is 2.35. The molecule has 4 rings (SSSR count). The van der Waals surface area contributed by atoms with Gasteiger partial charge in [0.2, 0.25) is 0 Å². The van der Waals surface area contributed by atoms with Crippen LogP contribution in [0.25, 0.3) is 21.5 Å². The molecule has 3 aromatic rings. The van der Waals surface area contributed by atoms with Crippen LogP contribution in [0.1, 0.15) is 32.1 Å². The molecule has 0 nitrogen and oxygen atoms in total. The Bertz CT molecular complexity index is 769. The average Bonchev–Trinajstić information content (AvgIpc) is 2.55. The molecule has 0 atom stereocenters. The predicted octanol–water partition coefficient (Wildman–Crippen LogP) is 6.42. The molecule has 0 amide bonds. The van der Waals surface area contributed by atoms with Gasteiger partial charge in [0.25, 0.3) is 0 Å². The van der Waals surface area contributed by atoms with E-state index in [0.717, 1.165) is 5.25 Å². The fraction of sp³-hybridized carbons (Fsp3) is 0.300. The van der Waals surface area contributed by atoms with E-state index in [2.05, 4.69) is 66.4 Å². The van der Waals surface area contributed by atoms with Gasteiger partial charge in [-0.3, -0.25) is 0 Å². The van der Waals surface area contributed by atoms with Crippen molar-refractivity contribution >= 4 is 33.3 Å². The van der Waals surface area contributed by atoms with E-state index < -0.39 is 0 Å². The highest BCUT2D eigenvalue weighted by molar-refractivity contribution is 8.00. The Morgan fingerprint density at radius 3 is 2.38 bits per heavy atom. The summed E-state index contributed by atoms with van der Waals surface area (Å²) in [5, 5.41) is 6.27. The van der Waals surface area contributed by atoms with Crippen molar-refractivity contribution < 1.29 is 0 Å². The van der Waals surface area contributed by atoms with Crippen LogP contribution in [0.15, 0.2) is 59.5 Å².